The van der Waals surface area contributed by atoms with Crippen molar-refractivity contribution in [2.45, 2.75) is 12.7 Å². The van der Waals surface area contributed by atoms with Gasteiger partial charge in [0.1, 0.15) is 23.4 Å². The molecule has 170 valence electrons. The predicted octanol–water partition coefficient (Wildman–Crippen LogP) is 5.85. The number of fused-ring (bicyclic) bond motifs is 1. The van der Waals surface area contributed by atoms with E-state index < -0.39 is 23.4 Å². The lowest BCUT2D eigenvalue weighted by molar-refractivity contribution is -0.137. The van der Waals surface area contributed by atoms with Crippen LogP contribution < -0.4 is 0 Å². The summed E-state index contributed by atoms with van der Waals surface area (Å²) >= 11 is 0. The fourth-order valence-electron chi connectivity index (χ4n) is 3.55. The molecule has 0 aliphatic carbocycles. The highest BCUT2D eigenvalue weighted by Crippen LogP contribution is 2.32. The minimum Gasteiger partial charge on any atom is -0.264 e. The smallest absolute Gasteiger partial charge is 0.264 e. The van der Waals surface area contributed by atoms with Crippen molar-refractivity contribution in [1.82, 2.24) is 24.7 Å². The van der Waals surface area contributed by atoms with Gasteiger partial charge in [-0.2, -0.15) is 18.3 Å². The molecule has 0 atom stereocenters. The van der Waals surface area contributed by atoms with Gasteiger partial charge in [0.05, 0.1) is 24.0 Å². The van der Waals surface area contributed by atoms with Gasteiger partial charge in [0.15, 0.2) is 11.6 Å². The van der Waals surface area contributed by atoms with Gasteiger partial charge in [-0.15, -0.1) is 0 Å². The summed E-state index contributed by atoms with van der Waals surface area (Å²) in [6.45, 7) is 0.194. The lowest BCUT2D eigenvalue weighted by atomic mass is 10.1. The minimum absolute atomic E-state index is 0.0366. The molecule has 3 heterocycles. The molecule has 34 heavy (non-hydrogen) atoms. The van der Waals surface area contributed by atoms with Crippen molar-refractivity contribution >= 4 is 0 Å². The molecular weight excluding hydrogens is 453 g/mol. The maximum atomic E-state index is 14.4. The zero-order valence-electron chi connectivity index (χ0n) is 17.3. The summed E-state index contributed by atoms with van der Waals surface area (Å²) in [6, 6.07) is 12.1. The number of hydrogen-bond acceptors (Lipinski definition) is 4. The zero-order valence-corrected chi connectivity index (χ0v) is 17.3. The lowest BCUT2D eigenvalue weighted by Crippen LogP contribution is -2.10. The number of benzene rings is 2. The molecule has 1 aromatic heterocycles. The van der Waals surface area contributed by atoms with Gasteiger partial charge in [0, 0.05) is 17.3 Å². The number of aromatic nitrogens is 5. The van der Waals surface area contributed by atoms with E-state index in [0.29, 0.717) is 28.2 Å². The Morgan fingerprint density at radius 2 is 1.56 bits per heavy atom. The van der Waals surface area contributed by atoms with Crippen molar-refractivity contribution in [3.63, 3.8) is 0 Å². The van der Waals surface area contributed by atoms with Gasteiger partial charge in [-0.1, -0.05) is 24.3 Å². The summed E-state index contributed by atoms with van der Waals surface area (Å²) in [5, 5.41) is 4.41. The molecule has 0 radical (unpaired) electrons. The van der Waals surface area contributed by atoms with Gasteiger partial charge < -0.3 is 0 Å². The fraction of sp³-hybridized carbons (Fsp3) is 0.0833. The molecule has 5 rings (SSSR count). The van der Waals surface area contributed by atoms with E-state index in [9.17, 15) is 22.0 Å². The van der Waals surface area contributed by atoms with E-state index in [4.69, 9.17) is 0 Å². The predicted molar refractivity (Wildman–Crippen MR) is 114 cm³/mol. The highest BCUT2D eigenvalue weighted by molar-refractivity contribution is 5.76. The van der Waals surface area contributed by atoms with Crippen LogP contribution >= 0.6 is 0 Å². The van der Waals surface area contributed by atoms with E-state index >= 15 is 0 Å². The van der Waals surface area contributed by atoms with Crippen LogP contribution in [0.25, 0.3) is 33.8 Å². The zero-order chi connectivity index (χ0) is 23.9. The first kappa shape index (κ1) is 21.6. The second-order valence-electron chi connectivity index (χ2n) is 7.50. The summed E-state index contributed by atoms with van der Waals surface area (Å²) < 4.78 is 68.0. The van der Waals surface area contributed by atoms with Crippen molar-refractivity contribution in [3.8, 4) is 33.8 Å². The van der Waals surface area contributed by atoms with Crippen LogP contribution in [0.15, 0.2) is 73.3 Å². The average Bonchev–Trinajstić information content (AvgIpc) is 3.29. The molecule has 0 saturated heterocycles. The quantitative estimate of drug-likeness (QED) is 0.311. The molecule has 0 amide bonds. The molecule has 2 aliphatic rings. The van der Waals surface area contributed by atoms with E-state index in [2.05, 4.69) is 20.1 Å². The Balaban J connectivity index is 1.44. The molecule has 3 aromatic rings. The number of pyridine rings is 1. The highest BCUT2D eigenvalue weighted by atomic mass is 19.4. The van der Waals surface area contributed by atoms with Crippen LogP contribution in [-0.4, -0.2) is 24.7 Å². The summed E-state index contributed by atoms with van der Waals surface area (Å²) in [5.41, 5.74) is 2.02. The normalized spacial score (nSPS) is 11.8. The molecule has 0 saturated carbocycles. The van der Waals surface area contributed by atoms with Crippen LogP contribution in [0.1, 0.15) is 11.3 Å². The SMILES string of the molecule is Fc1cccc(-c2nn(Cc3ccc(-c4ccc(C(F)(F)F)cc4)cn3)cc3ncnc2-3)c1F. The molecule has 0 spiro atoms. The maximum Gasteiger partial charge on any atom is 0.416 e. The van der Waals surface area contributed by atoms with Crippen LogP contribution in [0.2, 0.25) is 0 Å². The molecule has 0 N–H and O–H groups in total. The van der Waals surface area contributed by atoms with E-state index in [0.717, 1.165) is 18.2 Å². The maximum absolute atomic E-state index is 14.4. The van der Waals surface area contributed by atoms with E-state index in [1.165, 1.54) is 35.3 Å². The lowest BCUT2D eigenvalue weighted by Gasteiger charge is -2.13. The summed E-state index contributed by atoms with van der Waals surface area (Å²) in [7, 11) is 0. The topological polar surface area (TPSA) is 56.5 Å². The van der Waals surface area contributed by atoms with E-state index in [-0.39, 0.29) is 17.8 Å². The van der Waals surface area contributed by atoms with E-state index in [1.54, 1.807) is 24.5 Å². The Hall–Kier alpha value is -4.21. The van der Waals surface area contributed by atoms with Gasteiger partial charge >= 0.3 is 6.18 Å². The molecule has 5 nitrogen and oxygen atoms in total. The monoisotopic (exact) mass is 467 g/mol. The van der Waals surface area contributed by atoms with Crippen LogP contribution in [0.4, 0.5) is 22.0 Å². The van der Waals surface area contributed by atoms with Gasteiger partial charge in [-0.05, 0) is 35.9 Å². The standard InChI is InChI=1S/C24H14F5N5/c25-19-3-1-2-18(21(19)26)22-23-20(31-13-32-23)12-34(33-22)11-17-9-6-15(10-30-17)14-4-7-16(8-5-14)24(27,28)29/h1-10,12-13H,11H2. The van der Waals surface area contributed by atoms with Gasteiger partial charge in [0.2, 0.25) is 0 Å². The number of imidazole rings is 1. The number of alkyl halides is 3. The fourth-order valence-corrected chi connectivity index (χ4v) is 3.55. The molecular formula is C24H14F5N5. The third kappa shape index (κ3) is 4.09. The first-order valence-electron chi connectivity index (χ1n) is 10.0. The van der Waals surface area contributed by atoms with Gasteiger partial charge in [-0.25, -0.2) is 18.7 Å². The first-order chi connectivity index (χ1) is 16.3. The average molecular weight is 467 g/mol. The van der Waals surface area contributed by atoms with Crippen LogP contribution in [0, 0.1) is 11.6 Å². The Morgan fingerprint density at radius 1 is 0.794 bits per heavy atom. The molecule has 0 bridgehead atoms. The second-order valence-corrected chi connectivity index (χ2v) is 7.50. The van der Waals surface area contributed by atoms with Crippen molar-refractivity contribution in [2.75, 3.05) is 0 Å². The van der Waals surface area contributed by atoms with Crippen LogP contribution in [0.3, 0.4) is 0 Å². The number of nitrogens with zero attached hydrogens (tertiary/aromatic N) is 5. The van der Waals surface area contributed by atoms with Crippen molar-refractivity contribution < 1.29 is 22.0 Å². The largest absolute Gasteiger partial charge is 0.416 e. The third-order valence-corrected chi connectivity index (χ3v) is 5.25. The minimum atomic E-state index is -4.40. The number of hydrogen-bond donors (Lipinski definition) is 0. The van der Waals surface area contributed by atoms with Crippen LogP contribution in [-0.2, 0) is 12.7 Å². The Kier molecular flexibility index (Phi) is 5.27. The van der Waals surface area contributed by atoms with E-state index in [1.807, 2.05) is 0 Å². The number of rotatable bonds is 4. The molecule has 2 aliphatic heterocycles. The highest BCUT2D eigenvalue weighted by Gasteiger charge is 2.30. The van der Waals surface area contributed by atoms with Crippen molar-refractivity contribution in [1.29, 1.82) is 0 Å². The van der Waals surface area contributed by atoms with Gasteiger partial charge in [0.25, 0.3) is 0 Å². The second kappa shape index (κ2) is 8.29. The molecule has 0 fully saturated rings. The molecule has 2 aromatic carbocycles. The molecule has 10 heteroatoms. The summed E-state index contributed by atoms with van der Waals surface area (Å²) in [4.78, 5) is 12.6. The summed E-state index contributed by atoms with van der Waals surface area (Å²) in [6.07, 6.45) is 0.0841. The van der Waals surface area contributed by atoms with Crippen molar-refractivity contribution in [2.24, 2.45) is 0 Å². The Morgan fingerprint density at radius 3 is 2.26 bits per heavy atom. The molecule has 0 unspecified atom stereocenters. The van der Waals surface area contributed by atoms with Crippen LogP contribution in [0.5, 0.6) is 0 Å². The first-order valence-corrected chi connectivity index (χ1v) is 10.0. The number of halogens is 5. The summed E-state index contributed by atoms with van der Waals surface area (Å²) in [5.74, 6) is -2.03. The Bertz CT molecular complexity index is 1430. The third-order valence-electron chi connectivity index (χ3n) is 5.25. The van der Waals surface area contributed by atoms with Gasteiger partial charge in [-0.3, -0.25) is 9.67 Å². The van der Waals surface area contributed by atoms with Crippen molar-refractivity contribution in [3.05, 3.63) is 96.2 Å². The Labute approximate surface area is 189 Å².